The second-order valence-corrected chi connectivity index (χ2v) is 5.97. The fourth-order valence-corrected chi connectivity index (χ4v) is 2.52. The van der Waals surface area contributed by atoms with Crippen molar-refractivity contribution in [3.8, 4) is 0 Å². The third-order valence-corrected chi connectivity index (χ3v) is 3.75. The third kappa shape index (κ3) is 5.24. The predicted molar refractivity (Wildman–Crippen MR) is 82.8 cm³/mol. The highest BCUT2D eigenvalue weighted by Crippen LogP contribution is 2.11. The maximum Gasteiger partial charge on any atom is 0.225 e. The molecular formula is C15H18FN3OS. The van der Waals surface area contributed by atoms with Gasteiger partial charge in [0.05, 0.1) is 10.7 Å². The zero-order chi connectivity index (χ0) is 15.2. The normalized spacial score (nSPS) is 10.9. The van der Waals surface area contributed by atoms with Crippen molar-refractivity contribution in [3.05, 3.63) is 46.2 Å². The van der Waals surface area contributed by atoms with Crippen LogP contribution >= 0.6 is 11.3 Å². The van der Waals surface area contributed by atoms with Gasteiger partial charge in [-0.3, -0.25) is 4.79 Å². The Kier molecular flexibility index (Phi) is 5.41. The molecule has 1 amide bonds. The molecule has 21 heavy (non-hydrogen) atoms. The number of halogens is 1. The first-order valence-corrected chi connectivity index (χ1v) is 7.56. The SMILES string of the molecule is Cc1nc(CN(C)CCC(=O)Nc2cccc(F)c2)cs1. The summed E-state index contributed by atoms with van der Waals surface area (Å²) in [4.78, 5) is 18.2. The minimum absolute atomic E-state index is 0.123. The van der Waals surface area contributed by atoms with Crippen molar-refractivity contribution in [1.29, 1.82) is 0 Å². The van der Waals surface area contributed by atoms with E-state index < -0.39 is 0 Å². The van der Waals surface area contributed by atoms with Crippen LogP contribution in [-0.4, -0.2) is 29.4 Å². The van der Waals surface area contributed by atoms with Crippen LogP contribution in [0.15, 0.2) is 29.6 Å². The fraction of sp³-hybridized carbons (Fsp3) is 0.333. The number of thiazole rings is 1. The Balaban J connectivity index is 1.75. The molecule has 1 aromatic carbocycles. The van der Waals surface area contributed by atoms with E-state index in [4.69, 9.17) is 0 Å². The smallest absolute Gasteiger partial charge is 0.225 e. The van der Waals surface area contributed by atoms with Gasteiger partial charge in [-0.05, 0) is 32.2 Å². The number of aromatic nitrogens is 1. The molecule has 0 spiro atoms. The maximum atomic E-state index is 13.0. The van der Waals surface area contributed by atoms with Gasteiger partial charge in [0, 0.05) is 30.6 Å². The molecule has 0 radical (unpaired) electrons. The summed E-state index contributed by atoms with van der Waals surface area (Å²) in [6.07, 6.45) is 0.357. The van der Waals surface area contributed by atoms with Crippen LogP contribution in [-0.2, 0) is 11.3 Å². The van der Waals surface area contributed by atoms with Crippen molar-refractivity contribution in [2.75, 3.05) is 18.9 Å². The van der Waals surface area contributed by atoms with Crippen molar-refractivity contribution in [1.82, 2.24) is 9.88 Å². The molecule has 0 atom stereocenters. The molecule has 1 N–H and O–H groups in total. The van der Waals surface area contributed by atoms with E-state index in [9.17, 15) is 9.18 Å². The van der Waals surface area contributed by atoms with Crippen LogP contribution in [0.2, 0.25) is 0 Å². The van der Waals surface area contributed by atoms with Gasteiger partial charge in [-0.1, -0.05) is 6.07 Å². The second kappa shape index (κ2) is 7.28. The molecule has 0 fully saturated rings. The van der Waals surface area contributed by atoms with Gasteiger partial charge in [0.1, 0.15) is 5.82 Å². The Hall–Kier alpha value is -1.79. The quantitative estimate of drug-likeness (QED) is 0.892. The molecule has 0 unspecified atom stereocenters. The lowest BCUT2D eigenvalue weighted by Crippen LogP contribution is -2.24. The lowest BCUT2D eigenvalue weighted by molar-refractivity contribution is -0.116. The standard InChI is InChI=1S/C15H18FN3OS/c1-11-17-14(10-21-11)9-19(2)7-6-15(20)18-13-5-3-4-12(16)8-13/h3-5,8,10H,6-7,9H2,1-2H3,(H,18,20). The first kappa shape index (κ1) is 15.6. The number of benzene rings is 1. The molecule has 0 aliphatic carbocycles. The van der Waals surface area contributed by atoms with Gasteiger partial charge in [-0.25, -0.2) is 9.37 Å². The van der Waals surface area contributed by atoms with Crippen LogP contribution in [0.1, 0.15) is 17.1 Å². The summed E-state index contributed by atoms with van der Waals surface area (Å²) in [6.45, 7) is 3.32. The summed E-state index contributed by atoms with van der Waals surface area (Å²) in [6, 6.07) is 5.89. The van der Waals surface area contributed by atoms with E-state index in [1.54, 1.807) is 23.5 Å². The number of anilines is 1. The van der Waals surface area contributed by atoms with Crippen LogP contribution in [0.25, 0.3) is 0 Å². The van der Waals surface area contributed by atoms with Crippen LogP contribution in [0.3, 0.4) is 0 Å². The van der Waals surface area contributed by atoms with Gasteiger partial charge in [0.15, 0.2) is 0 Å². The Morgan fingerprint density at radius 1 is 1.48 bits per heavy atom. The zero-order valence-corrected chi connectivity index (χ0v) is 12.9. The maximum absolute atomic E-state index is 13.0. The number of rotatable bonds is 6. The van der Waals surface area contributed by atoms with Crippen LogP contribution < -0.4 is 5.32 Å². The number of carbonyl (C=O) groups is 1. The van der Waals surface area contributed by atoms with E-state index in [-0.39, 0.29) is 11.7 Å². The monoisotopic (exact) mass is 307 g/mol. The number of hydrogen-bond acceptors (Lipinski definition) is 4. The number of nitrogens with one attached hydrogen (secondary N) is 1. The molecule has 0 saturated heterocycles. The molecule has 1 aromatic heterocycles. The van der Waals surface area contributed by atoms with E-state index in [0.717, 1.165) is 17.2 Å². The van der Waals surface area contributed by atoms with Crippen LogP contribution in [0, 0.1) is 12.7 Å². The zero-order valence-electron chi connectivity index (χ0n) is 12.1. The van der Waals surface area contributed by atoms with E-state index >= 15 is 0 Å². The molecule has 0 aliphatic rings. The molecule has 6 heteroatoms. The molecule has 0 saturated carbocycles. The summed E-state index contributed by atoms with van der Waals surface area (Å²) >= 11 is 1.62. The molecule has 112 valence electrons. The Morgan fingerprint density at radius 2 is 2.29 bits per heavy atom. The first-order valence-electron chi connectivity index (χ1n) is 6.68. The average Bonchev–Trinajstić information content (AvgIpc) is 2.82. The predicted octanol–water partition coefficient (Wildman–Crippen LogP) is 3.05. The van der Waals surface area contributed by atoms with Crippen molar-refractivity contribution >= 4 is 22.9 Å². The van der Waals surface area contributed by atoms with E-state index in [1.807, 2.05) is 24.3 Å². The van der Waals surface area contributed by atoms with E-state index in [1.165, 1.54) is 12.1 Å². The number of hydrogen-bond donors (Lipinski definition) is 1. The van der Waals surface area contributed by atoms with Gasteiger partial charge in [-0.15, -0.1) is 11.3 Å². The van der Waals surface area contributed by atoms with Gasteiger partial charge in [-0.2, -0.15) is 0 Å². The molecular weight excluding hydrogens is 289 g/mol. The molecule has 2 rings (SSSR count). The lowest BCUT2D eigenvalue weighted by atomic mass is 10.3. The lowest BCUT2D eigenvalue weighted by Gasteiger charge is -2.14. The van der Waals surface area contributed by atoms with Gasteiger partial charge in [0.2, 0.25) is 5.91 Å². The van der Waals surface area contributed by atoms with Gasteiger partial charge >= 0.3 is 0 Å². The Morgan fingerprint density at radius 3 is 2.95 bits per heavy atom. The molecule has 0 aliphatic heterocycles. The number of amides is 1. The third-order valence-electron chi connectivity index (χ3n) is 2.93. The summed E-state index contributed by atoms with van der Waals surface area (Å²) in [5, 5.41) is 5.76. The molecule has 4 nitrogen and oxygen atoms in total. The van der Waals surface area contributed by atoms with Crippen LogP contribution in [0.4, 0.5) is 10.1 Å². The van der Waals surface area contributed by atoms with E-state index in [0.29, 0.717) is 18.7 Å². The minimum atomic E-state index is -0.358. The highest BCUT2D eigenvalue weighted by molar-refractivity contribution is 7.09. The minimum Gasteiger partial charge on any atom is -0.326 e. The molecule has 2 aromatic rings. The van der Waals surface area contributed by atoms with Gasteiger partial charge < -0.3 is 10.2 Å². The summed E-state index contributed by atoms with van der Waals surface area (Å²) in [7, 11) is 1.95. The average molecular weight is 307 g/mol. The second-order valence-electron chi connectivity index (χ2n) is 4.90. The first-order chi connectivity index (χ1) is 10.0. The topological polar surface area (TPSA) is 45.2 Å². The summed E-state index contributed by atoms with van der Waals surface area (Å²) in [5.41, 5.74) is 1.50. The highest BCUT2D eigenvalue weighted by Gasteiger charge is 2.07. The van der Waals surface area contributed by atoms with Crippen molar-refractivity contribution in [2.24, 2.45) is 0 Å². The highest BCUT2D eigenvalue weighted by atomic mass is 32.1. The molecule has 0 bridgehead atoms. The fourth-order valence-electron chi connectivity index (χ4n) is 1.92. The van der Waals surface area contributed by atoms with Crippen molar-refractivity contribution in [3.63, 3.8) is 0 Å². The number of aryl methyl sites for hydroxylation is 1. The van der Waals surface area contributed by atoms with Crippen molar-refractivity contribution in [2.45, 2.75) is 19.9 Å². The molecule has 1 heterocycles. The number of carbonyl (C=O) groups excluding carboxylic acids is 1. The van der Waals surface area contributed by atoms with Gasteiger partial charge in [0.25, 0.3) is 0 Å². The summed E-state index contributed by atoms with van der Waals surface area (Å²) in [5.74, 6) is -0.481. The van der Waals surface area contributed by atoms with Crippen molar-refractivity contribution < 1.29 is 9.18 Å². The largest absolute Gasteiger partial charge is 0.326 e. The Bertz CT molecular complexity index is 614. The van der Waals surface area contributed by atoms with E-state index in [2.05, 4.69) is 10.3 Å². The van der Waals surface area contributed by atoms with Crippen LogP contribution in [0.5, 0.6) is 0 Å². The Labute approximate surface area is 127 Å². The summed E-state index contributed by atoms with van der Waals surface area (Å²) < 4.78 is 13.0. The number of nitrogens with zero attached hydrogens (tertiary/aromatic N) is 2.